The minimum atomic E-state index is -0.453. The zero-order valence-electron chi connectivity index (χ0n) is 20.7. The second kappa shape index (κ2) is 9.26. The molecule has 4 heterocycles. The average molecular weight is 502 g/mol. The van der Waals surface area contributed by atoms with Gasteiger partial charge >= 0.3 is 0 Å². The van der Waals surface area contributed by atoms with Gasteiger partial charge in [-0.05, 0) is 54.1 Å². The van der Waals surface area contributed by atoms with E-state index in [4.69, 9.17) is 20.3 Å². The fourth-order valence-corrected chi connectivity index (χ4v) is 4.82. The Hall–Kier alpha value is -5.36. The number of hydrogen-bond donors (Lipinski definition) is 1. The lowest BCUT2D eigenvalue weighted by Gasteiger charge is -2.25. The van der Waals surface area contributed by atoms with Crippen molar-refractivity contribution in [1.82, 2.24) is 24.3 Å². The van der Waals surface area contributed by atoms with Crippen LogP contribution in [0.4, 0.5) is 0 Å². The molecule has 6 rings (SSSR count). The van der Waals surface area contributed by atoms with E-state index in [1.54, 1.807) is 37.4 Å². The van der Waals surface area contributed by atoms with Gasteiger partial charge in [-0.2, -0.15) is 10.4 Å². The van der Waals surface area contributed by atoms with Crippen molar-refractivity contribution in [2.75, 3.05) is 7.11 Å². The van der Waals surface area contributed by atoms with Crippen LogP contribution in [-0.2, 0) is 7.05 Å². The number of fused-ring (bicyclic) bond motifs is 1. The quantitative estimate of drug-likeness (QED) is 0.375. The molecule has 0 amide bonds. The lowest BCUT2D eigenvalue weighted by atomic mass is 9.83. The standard InChI is InChI=1S/C29H23N7O2/c1-35-29-25(26(34-35)19-5-9-22(37-2)10-6-19)24(23(17-30)27(31)38-29)18-3-7-21(8-4-18)36-16-15-33-28(36)20-11-13-32-14-12-20/h3-16,24H,31H2,1-2H3. The maximum atomic E-state index is 10.1. The van der Waals surface area contributed by atoms with Gasteiger partial charge in [0.1, 0.15) is 28.9 Å². The van der Waals surface area contributed by atoms with Crippen molar-refractivity contribution in [3.05, 3.63) is 108 Å². The van der Waals surface area contributed by atoms with Crippen LogP contribution in [0.1, 0.15) is 17.0 Å². The van der Waals surface area contributed by atoms with Gasteiger partial charge in [0.05, 0.1) is 18.6 Å². The maximum Gasteiger partial charge on any atom is 0.224 e. The Labute approximate surface area is 219 Å². The van der Waals surface area contributed by atoms with E-state index in [9.17, 15) is 5.26 Å². The third kappa shape index (κ3) is 3.76. The molecule has 9 heteroatoms. The number of imidazole rings is 1. The molecule has 0 fully saturated rings. The number of nitriles is 1. The summed E-state index contributed by atoms with van der Waals surface area (Å²) in [6.07, 6.45) is 7.17. The van der Waals surface area contributed by atoms with Crippen molar-refractivity contribution in [3.63, 3.8) is 0 Å². The van der Waals surface area contributed by atoms with Crippen molar-refractivity contribution in [3.8, 4) is 46.0 Å². The van der Waals surface area contributed by atoms with Gasteiger partial charge in [-0.15, -0.1) is 0 Å². The lowest BCUT2D eigenvalue weighted by molar-refractivity contribution is 0.358. The summed E-state index contributed by atoms with van der Waals surface area (Å²) in [5, 5.41) is 14.8. The highest BCUT2D eigenvalue weighted by atomic mass is 16.5. The summed E-state index contributed by atoms with van der Waals surface area (Å²) in [7, 11) is 3.43. The molecule has 9 nitrogen and oxygen atoms in total. The number of ether oxygens (including phenoxy) is 2. The molecule has 5 aromatic rings. The first-order valence-corrected chi connectivity index (χ1v) is 11.9. The lowest BCUT2D eigenvalue weighted by Crippen LogP contribution is -2.21. The average Bonchev–Trinajstić information content (AvgIpc) is 3.58. The number of hydrogen-bond acceptors (Lipinski definition) is 7. The fourth-order valence-electron chi connectivity index (χ4n) is 4.82. The number of benzene rings is 2. The number of methoxy groups -OCH3 is 1. The number of rotatable bonds is 5. The third-order valence-corrected chi connectivity index (χ3v) is 6.65. The zero-order valence-corrected chi connectivity index (χ0v) is 20.7. The molecule has 0 saturated carbocycles. The van der Waals surface area contributed by atoms with Crippen molar-refractivity contribution in [2.45, 2.75) is 5.92 Å². The van der Waals surface area contributed by atoms with Gasteiger partial charge in [0.25, 0.3) is 0 Å². The van der Waals surface area contributed by atoms with E-state index in [-0.39, 0.29) is 5.88 Å². The van der Waals surface area contributed by atoms with E-state index in [0.29, 0.717) is 17.1 Å². The van der Waals surface area contributed by atoms with Crippen molar-refractivity contribution >= 4 is 0 Å². The minimum absolute atomic E-state index is 0.0768. The molecule has 0 saturated heterocycles. The summed E-state index contributed by atoms with van der Waals surface area (Å²) in [4.78, 5) is 8.63. The zero-order chi connectivity index (χ0) is 26.2. The molecule has 1 aliphatic heterocycles. The summed E-state index contributed by atoms with van der Waals surface area (Å²) < 4.78 is 14.9. The first-order chi connectivity index (χ1) is 18.6. The molecule has 38 heavy (non-hydrogen) atoms. The van der Waals surface area contributed by atoms with E-state index in [1.165, 1.54) is 0 Å². The molecule has 2 aromatic carbocycles. The maximum absolute atomic E-state index is 10.1. The van der Waals surface area contributed by atoms with Gasteiger partial charge in [0.2, 0.25) is 11.8 Å². The van der Waals surface area contributed by atoms with Gasteiger partial charge in [0.15, 0.2) is 0 Å². The SMILES string of the molecule is COc1ccc(-c2nn(C)c3c2C(c2ccc(-n4ccnc4-c4ccncc4)cc2)C(C#N)=C(N)O3)cc1. The normalized spacial score (nSPS) is 14.5. The van der Waals surface area contributed by atoms with Gasteiger partial charge in [-0.1, -0.05) is 12.1 Å². The molecule has 0 radical (unpaired) electrons. The monoisotopic (exact) mass is 501 g/mol. The summed E-state index contributed by atoms with van der Waals surface area (Å²) in [5.74, 6) is 1.69. The summed E-state index contributed by atoms with van der Waals surface area (Å²) in [5.41, 5.74) is 11.8. The van der Waals surface area contributed by atoms with Gasteiger partial charge in [-0.25, -0.2) is 9.67 Å². The Bertz CT molecular complexity index is 1690. The number of aromatic nitrogens is 5. The molecule has 0 aliphatic carbocycles. The predicted molar refractivity (Wildman–Crippen MR) is 141 cm³/mol. The molecule has 1 aliphatic rings. The van der Waals surface area contributed by atoms with Gasteiger partial charge in [0, 0.05) is 48.6 Å². The van der Waals surface area contributed by atoms with Crippen LogP contribution < -0.4 is 15.2 Å². The van der Waals surface area contributed by atoms with Gasteiger partial charge < -0.3 is 15.2 Å². The Balaban J connectivity index is 1.45. The number of nitrogens with two attached hydrogens (primary N) is 1. The van der Waals surface area contributed by atoms with E-state index < -0.39 is 5.92 Å². The van der Waals surface area contributed by atoms with Crippen molar-refractivity contribution in [2.24, 2.45) is 12.8 Å². The van der Waals surface area contributed by atoms with E-state index in [2.05, 4.69) is 16.0 Å². The Kier molecular flexibility index (Phi) is 5.62. The predicted octanol–water partition coefficient (Wildman–Crippen LogP) is 4.56. The first kappa shape index (κ1) is 23.1. The fraction of sp³-hybridized carbons (Fsp3) is 0.103. The molecular formula is C29H23N7O2. The molecule has 0 spiro atoms. The molecule has 1 atom stereocenters. The molecule has 3 aromatic heterocycles. The molecule has 2 N–H and O–H groups in total. The van der Waals surface area contributed by atoms with Crippen molar-refractivity contribution in [1.29, 1.82) is 5.26 Å². The van der Waals surface area contributed by atoms with E-state index >= 15 is 0 Å². The minimum Gasteiger partial charge on any atom is -0.497 e. The summed E-state index contributed by atoms with van der Waals surface area (Å²) in [6.45, 7) is 0. The topological polar surface area (TPSA) is 117 Å². The van der Waals surface area contributed by atoms with Crippen LogP contribution in [0.25, 0.3) is 28.3 Å². The number of nitrogens with zero attached hydrogens (tertiary/aromatic N) is 6. The molecule has 0 bridgehead atoms. The first-order valence-electron chi connectivity index (χ1n) is 11.9. The highest BCUT2D eigenvalue weighted by molar-refractivity contribution is 5.71. The molecule has 1 unspecified atom stereocenters. The Morgan fingerprint density at radius 2 is 1.71 bits per heavy atom. The second-order valence-corrected chi connectivity index (χ2v) is 8.79. The van der Waals surface area contributed by atoms with Crippen molar-refractivity contribution < 1.29 is 9.47 Å². The number of allylic oxidation sites excluding steroid dienone is 1. The molecule has 186 valence electrons. The summed E-state index contributed by atoms with van der Waals surface area (Å²) in [6, 6.07) is 21.8. The molecular weight excluding hydrogens is 478 g/mol. The number of aryl methyl sites for hydroxylation is 1. The van der Waals surface area contributed by atoms with Crippen LogP contribution in [-0.4, -0.2) is 31.4 Å². The van der Waals surface area contributed by atoms with Crippen LogP contribution in [0.3, 0.4) is 0 Å². The summed E-state index contributed by atoms with van der Waals surface area (Å²) >= 11 is 0. The second-order valence-electron chi connectivity index (χ2n) is 8.79. The third-order valence-electron chi connectivity index (χ3n) is 6.65. The largest absolute Gasteiger partial charge is 0.497 e. The van der Waals surface area contributed by atoms with Crippen LogP contribution in [0.5, 0.6) is 11.6 Å². The van der Waals surface area contributed by atoms with Crippen LogP contribution in [0, 0.1) is 11.3 Å². The van der Waals surface area contributed by atoms with Crippen LogP contribution in [0.15, 0.2) is 96.9 Å². The Morgan fingerprint density at radius 3 is 2.39 bits per heavy atom. The Morgan fingerprint density at radius 1 is 0.974 bits per heavy atom. The highest BCUT2D eigenvalue weighted by Crippen LogP contribution is 2.46. The number of pyridine rings is 1. The van der Waals surface area contributed by atoms with Gasteiger partial charge in [-0.3, -0.25) is 9.55 Å². The highest BCUT2D eigenvalue weighted by Gasteiger charge is 2.36. The van der Waals surface area contributed by atoms with E-state index in [1.807, 2.05) is 71.4 Å². The smallest absolute Gasteiger partial charge is 0.224 e. The van der Waals surface area contributed by atoms with Crippen LogP contribution >= 0.6 is 0 Å². The van der Waals surface area contributed by atoms with Crippen LogP contribution in [0.2, 0.25) is 0 Å². The van der Waals surface area contributed by atoms with E-state index in [0.717, 1.165) is 39.5 Å².